The fourth-order valence-corrected chi connectivity index (χ4v) is 5.20. The van der Waals surface area contributed by atoms with Gasteiger partial charge in [-0.3, -0.25) is 13.9 Å². The molecule has 3 aromatic rings. The molecule has 1 saturated heterocycles. The molecular formula is C19H24N8O6S. The first kappa shape index (κ1) is 22.7. The van der Waals surface area contributed by atoms with E-state index in [-0.39, 0.29) is 29.4 Å². The Morgan fingerprint density at radius 2 is 2.06 bits per heavy atom. The molecule has 1 aliphatic heterocycles. The highest BCUT2D eigenvalue weighted by molar-refractivity contribution is 7.89. The molecule has 3 heterocycles. The number of rotatable bonds is 7. The summed E-state index contributed by atoms with van der Waals surface area (Å²) in [4.78, 5) is 29.2. The molecule has 34 heavy (non-hydrogen) atoms. The summed E-state index contributed by atoms with van der Waals surface area (Å²) in [6.07, 6.45) is 0.259. The number of carbonyl (C=O) groups excluding carboxylic acids is 1. The number of fused-ring (bicyclic) bond motifs is 1. The Bertz CT molecular complexity index is 1440. The number of hydrazine groups is 1. The average molecular weight is 493 g/mol. The van der Waals surface area contributed by atoms with Crippen LogP contribution in [0.15, 0.2) is 32.4 Å². The molecule has 182 valence electrons. The van der Waals surface area contributed by atoms with Crippen molar-refractivity contribution in [2.45, 2.75) is 56.2 Å². The lowest BCUT2D eigenvalue weighted by Crippen LogP contribution is -2.36. The summed E-state index contributed by atoms with van der Waals surface area (Å²) in [5.41, 5.74) is 5.54. The van der Waals surface area contributed by atoms with Crippen molar-refractivity contribution in [3.63, 3.8) is 0 Å². The first-order chi connectivity index (χ1) is 16.1. The van der Waals surface area contributed by atoms with Crippen molar-refractivity contribution >= 4 is 27.0 Å². The molecule has 1 aromatic carbocycles. The van der Waals surface area contributed by atoms with Crippen LogP contribution in [0.4, 0.5) is 0 Å². The second-order valence-corrected chi connectivity index (χ2v) is 10.2. The van der Waals surface area contributed by atoms with Crippen molar-refractivity contribution in [2.75, 3.05) is 7.05 Å². The van der Waals surface area contributed by atoms with E-state index in [4.69, 9.17) is 9.26 Å². The zero-order valence-corrected chi connectivity index (χ0v) is 19.5. The molecule has 14 nitrogen and oxygen atoms in total. The first-order valence-electron chi connectivity index (χ1n) is 10.6. The number of amides is 1. The predicted octanol–water partition coefficient (Wildman–Crippen LogP) is -0.649. The van der Waals surface area contributed by atoms with Gasteiger partial charge in [0.1, 0.15) is 12.8 Å². The molecule has 2 aliphatic rings. The molecular weight excluding hydrogens is 468 g/mol. The smallest absolute Gasteiger partial charge is 0.332 e. The summed E-state index contributed by atoms with van der Waals surface area (Å²) in [7, 11) is -2.37. The monoisotopic (exact) mass is 492 g/mol. The second kappa shape index (κ2) is 7.99. The number of carbonyl (C=O) groups is 1. The van der Waals surface area contributed by atoms with E-state index in [0.717, 1.165) is 12.8 Å². The number of aromatic nitrogens is 4. The third-order valence-electron chi connectivity index (χ3n) is 5.79. The number of imidazole rings is 1. The van der Waals surface area contributed by atoms with Crippen LogP contribution in [0.1, 0.15) is 49.6 Å². The summed E-state index contributed by atoms with van der Waals surface area (Å²) in [5.74, 6) is -0.659. The largest absolute Gasteiger partial charge is 0.352 e. The number of hydrogen-bond acceptors (Lipinski definition) is 10. The molecule has 2 unspecified atom stereocenters. The van der Waals surface area contributed by atoms with E-state index in [1.807, 2.05) is 6.92 Å². The maximum Gasteiger partial charge on any atom is 0.332 e. The van der Waals surface area contributed by atoms with Crippen LogP contribution in [0.3, 0.4) is 0 Å². The minimum Gasteiger partial charge on any atom is -0.352 e. The van der Waals surface area contributed by atoms with Crippen molar-refractivity contribution in [2.24, 2.45) is 0 Å². The lowest BCUT2D eigenvalue weighted by Gasteiger charge is -2.14. The molecule has 5 rings (SSSR count). The third kappa shape index (κ3) is 4.01. The maximum absolute atomic E-state index is 13.4. The van der Waals surface area contributed by atoms with Crippen LogP contribution in [-0.2, 0) is 21.3 Å². The van der Waals surface area contributed by atoms with Crippen LogP contribution in [0.5, 0.6) is 0 Å². The zero-order valence-electron chi connectivity index (χ0n) is 18.7. The molecule has 4 N–H and O–H groups in total. The van der Waals surface area contributed by atoms with E-state index in [2.05, 4.69) is 31.0 Å². The van der Waals surface area contributed by atoms with Gasteiger partial charge in [0.25, 0.3) is 11.7 Å². The van der Waals surface area contributed by atoms with Crippen molar-refractivity contribution in [3.05, 3.63) is 40.4 Å². The average Bonchev–Trinajstić information content (AvgIpc) is 3.13. The highest BCUT2D eigenvalue weighted by Crippen LogP contribution is 2.36. The van der Waals surface area contributed by atoms with Gasteiger partial charge in [-0.1, -0.05) is 5.16 Å². The lowest BCUT2D eigenvalue weighted by atomic mass is 10.3. The standard InChI is InChI=1S/C19H24N8O6S/c1-10-22-23-17(32-10)27-13-8-11(34(30,31)25-19(2)6-7-19)4-5-12(13)26(18(27)29)9-14-21-15(24-33-14)16(28)20-3/h4-5,8,10,17,22-23,25H,6-7,9H2,1-3H3,(H,20,28). The summed E-state index contributed by atoms with van der Waals surface area (Å²) in [6.45, 7) is 3.47. The first-order valence-corrected chi connectivity index (χ1v) is 12.1. The maximum atomic E-state index is 13.4. The Balaban J connectivity index is 1.60. The van der Waals surface area contributed by atoms with Crippen molar-refractivity contribution in [1.82, 2.24) is 40.2 Å². The quantitative estimate of drug-likeness (QED) is 0.332. The Morgan fingerprint density at radius 1 is 1.29 bits per heavy atom. The highest BCUT2D eigenvalue weighted by atomic mass is 32.2. The van der Waals surface area contributed by atoms with Crippen molar-refractivity contribution in [1.29, 1.82) is 0 Å². The summed E-state index contributed by atoms with van der Waals surface area (Å²) < 4.78 is 42.1. The SMILES string of the molecule is CNC(=O)c1noc(Cn2c(=O)n(C3NNC(C)O3)c3cc(S(=O)(=O)NC4(C)CC4)ccc32)n1. The fourth-order valence-electron chi connectivity index (χ4n) is 3.71. The Kier molecular flexibility index (Phi) is 5.33. The number of sulfonamides is 1. The van der Waals surface area contributed by atoms with Gasteiger partial charge in [-0.05, 0) is 44.9 Å². The normalized spacial score (nSPS) is 21.7. The molecule has 2 fully saturated rings. The molecule has 2 aromatic heterocycles. The van der Waals surface area contributed by atoms with Crippen LogP contribution in [0.2, 0.25) is 0 Å². The number of hydrogen-bond donors (Lipinski definition) is 4. The van der Waals surface area contributed by atoms with Crippen LogP contribution >= 0.6 is 0 Å². The molecule has 1 aliphatic carbocycles. The molecule has 1 amide bonds. The van der Waals surface area contributed by atoms with Crippen LogP contribution in [0.25, 0.3) is 11.0 Å². The van der Waals surface area contributed by atoms with E-state index < -0.39 is 33.5 Å². The predicted molar refractivity (Wildman–Crippen MR) is 117 cm³/mol. The Hall–Kier alpha value is -3.11. The summed E-state index contributed by atoms with van der Waals surface area (Å²) >= 11 is 0. The molecule has 1 saturated carbocycles. The summed E-state index contributed by atoms with van der Waals surface area (Å²) in [5, 5.41) is 6.01. The molecule has 0 spiro atoms. The fraction of sp³-hybridized carbons (Fsp3) is 0.474. The minimum atomic E-state index is -3.81. The van der Waals surface area contributed by atoms with Gasteiger partial charge in [-0.15, -0.1) is 0 Å². The zero-order chi connectivity index (χ0) is 24.3. The van der Waals surface area contributed by atoms with Crippen LogP contribution < -0.4 is 26.6 Å². The highest BCUT2D eigenvalue weighted by Gasteiger charge is 2.41. The van der Waals surface area contributed by atoms with Gasteiger partial charge in [0.2, 0.25) is 22.3 Å². The Labute approximate surface area is 193 Å². The van der Waals surface area contributed by atoms with Crippen molar-refractivity contribution in [3.8, 4) is 0 Å². The number of ether oxygens (including phenoxy) is 1. The van der Waals surface area contributed by atoms with Gasteiger partial charge in [-0.25, -0.2) is 28.8 Å². The van der Waals surface area contributed by atoms with Crippen LogP contribution in [0, 0.1) is 0 Å². The number of nitrogens with one attached hydrogen (secondary N) is 4. The topological polar surface area (TPSA) is 174 Å². The third-order valence-corrected chi connectivity index (χ3v) is 7.43. The van der Waals surface area contributed by atoms with Crippen molar-refractivity contribution < 1.29 is 22.5 Å². The number of nitrogens with zero attached hydrogens (tertiary/aromatic N) is 4. The lowest BCUT2D eigenvalue weighted by molar-refractivity contribution is 0.000859. The van der Waals surface area contributed by atoms with E-state index in [0.29, 0.717) is 11.0 Å². The van der Waals surface area contributed by atoms with E-state index in [1.54, 1.807) is 13.0 Å². The van der Waals surface area contributed by atoms with Crippen LogP contribution in [-0.4, -0.2) is 52.4 Å². The van der Waals surface area contributed by atoms with Gasteiger partial charge < -0.3 is 14.6 Å². The molecule has 2 atom stereocenters. The van der Waals surface area contributed by atoms with Gasteiger partial charge in [0, 0.05) is 12.6 Å². The molecule has 15 heteroatoms. The van der Waals surface area contributed by atoms with Gasteiger partial charge in [-0.2, -0.15) is 4.98 Å². The van der Waals surface area contributed by atoms with Gasteiger partial charge in [0.05, 0.1) is 15.9 Å². The summed E-state index contributed by atoms with van der Waals surface area (Å²) in [6, 6.07) is 4.41. The van der Waals surface area contributed by atoms with E-state index in [9.17, 15) is 18.0 Å². The second-order valence-electron chi connectivity index (χ2n) is 8.57. The number of benzene rings is 1. The molecule has 0 bridgehead atoms. The van der Waals surface area contributed by atoms with Gasteiger partial charge >= 0.3 is 5.69 Å². The van der Waals surface area contributed by atoms with E-state index in [1.165, 1.54) is 28.3 Å². The van der Waals surface area contributed by atoms with Gasteiger partial charge in [0.15, 0.2) is 0 Å². The minimum absolute atomic E-state index is 0.0257. The Morgan fingerprint density at radius 3 is 2.71 bits per heavy atom. The molecule has 0 radical (unpaired) electrons. The van der Waals surface area contributed by atoms with E-state index >= 15 is 0 Å².